The highest BCUT2D eigenvalue weighted by molar-refractivity contribution is 8.00. The number of benzene rings is 1. The number of amides is 1. The number of piperidine rings is 1. The van der Waals surface area contributed by atoms with Gasteiger partial charge in [0.1, 0.15) is 0 Å². The van der Waals surface area contributed by atoms with Gasteiger partial charge in [-0.05, 0) is 62.6 Å². The van der Waals surface area contributed by atoms with Gasteiger partial charge in [-0.25, -0.2) is 0 Å². The van der Waals surface area contributed by atoms with E-state index in [9.17, 15) is 4.79 Å². The number of hydrogen-bond donors (Lipinski definition) is 1. The maximum atomic E-state index is 12.6. The highest BCUT2D eigenvalue weighted by atomic mass is 32.2. The van der Waals surface area contributed by atoms with Gasteiger partial charge in [-0.3, -0.25) is 4.79 Å². The van der Waals surface area contributed by atoms with Crippen LogP contribution < -0.4 is 10.2 Å². The molecular weight excluding hydrogens is 386 g/mol. The number of carbonyl (C=O) groups excluding carboxylic acids is 1. The molecule has 3 aromatic rings. The van der Waals surface area contributed by atoms with Crippen LogP contribution in [0.15, 0.2) is 52.2 Å². The molecule has 0 unspecified atom stereocenters. The number of thioether (sulfide) groups is 1. The lowest BCUT2D eigenvalue weighted by atomic mass is 10.1. The largest absolute Gasteiger partial charge is 0.461 e. The molecule has 1 fully saturated rings. The molecule has 0 saturated carbocycles. The number of nitrogens with zero attached hydrogens (tertiary/aromatic N) is 4. The molecule has 7 nitrogen and oxygen atoms in total. The van der Waals surface area contributed by atoms with Gasteiger partial charge in [0.2, 0.25) is 5.91 Å². The molecule has 1 aliphatic rings. The van der Waals surface area contributed by atoms with Crippen molar-refractivity contribution < 1.29 is 9.21 Å². The molecule has 0 bridgehead atoms. The van der Waals surface area contributed by atoms with E-state index in [-0.39, 0.29) is 11.2 Å². The zero-order chi connectivity index (χ0) is 20.2. The minimum Gasteiger partial charge on any atom is -0.461 e. The van der Waals surface area contributed by atoms with Crippen LogP contribution in [0.4, 0.5) is 11.4 Å². The van der Waals surface area contributed by atoms with E-state index < -0.39 is 0 Å². The van der Waals surface area contributed by atoms with Crippen molar-refractivity contribution >= 4 is 29.0 Å². The molecule has 8 heteroatoms. The minimum absolute atomic E-state index is 0.0664. The van der Waals surface area contributed by atoms with Crippen molar-refractivity contribution in [3.63, 3.8) is 0 Å². The van der Waals surface area contributed by atoms with Gasteiger partial charge < -0.3 is 19.2 Å². The first-order valence-electron chi connectivity index (χ1n) is 9.87. The molecular formula is C21H25N5O2S. The van der Waals surface area contributed by atoms with Gasteiger partial charge in [0.15, 0.2) is 16.7 Å². The summed E-state index contributed by atoms with van der Waals surface area (Å²) in [5.74, 6) is 1.22. The number of furan rings is 1. The van der Waals surface area contributed by atoms with Gasteiger partial charge in [0, 0.05) is 31.5 Å². The Kier molecular flexibility index (Phi) is 5.89. The van der Waals surface area contributed by atoms with Crippen molar-refractivity contribution in [3.8, 4) is 11.6 Å². The molecule has 0 radical (unpaired) electrons. The predicted octanol–water partition coefficient (Wildman–Crippen LogP) is 4.18. The number of anilines is 2. The molecule has 2 aromatic heterocycles. The Bertz CT molecular complexity index is 946. The summed E-state index contributed by atoms with van der Waals surface area (Å²) in [6.45, 7) is 4.08. The first-order chi connectivity index (χ1) is 14.1. The van der Waals surface area contributed by atoms with Gasteiger partial charge in [0.05, 0.1) is 11.5 Å². The summed E-state index contributed by atoms with van der Waals surface area (Å²) in [4.78, 5) is 15.0. The first kappa shape index (κ1) is 19.6. The lowest BCUT2D eigenvalue weighted by Gasteiger charge is -2.28. The highest BCUT2D eigenvalue weighted by Crippen LogP contribution is 2.27. The van der Waals surface area contributed by atoms with Crippen molar-refractivity contribution in [1.29, 1.82) is 0 Å². The quantitative estimate of drug-likeness (QED) is 0.613. The molecule has 4 rings (SSSR count). The maximum Gasteiger partial charge on any atom is 0.237 e. The van der Waals surface area contributed by atoms with Crippen LogP contribution in [0.1, 0.15) is 26.2 Å². The minimum atomic E-state index is -0.316. The maximum absolute atomic E-state index is 12.6. The predicted molar refractivity (Wildman–Crippen MR) is 115 cm³/mol. The van der Waals surface area contributed by atoms with E-state index in [0.717, 1.165) is 18.8 Å². The first-order valence-corrected chi connectivity index (χ1v) is 10.8. The molecule has 152 valence electrons. The molecule has 0 spiro atoms. The van der Waals surface area contributed by atoms with E-state index in [1.165, 1.54) is 36.7 Å². The monoisotopic (exact) mass is 411 g/mol. The van der Waals surface area contributed by atoms with Crippen molar-refractivity contribution in [3.05, 3.63) is 42.7 Å². The molecule has 1 atom stereocenters. The third-order valence-electron chi connectivity index (χ3n) is 5.08. The van der Waals surface area contributed by atoms with E-state index >= 15 is 0 Å². The Labute approximate surface area is 174 Å². The zero-order valence-electron chi connectivity index (χ0n) is 16.7. The van der Waals surface area contributed by atoms with Crippen LogP contribution in [0.5, 0.6) is 0 Å². The summed E-state index contributed by atoms with van der Waals surface area (Å²) in [5.41, 5.74) is 2.02. The average Bonchev–Trinajstić information content (AvgIpc) is 3.39. The molecule has 1 saturated heterocycles. The summed E-state index contributed by atoms with van der Waals surface area (Å²) >= 11 is 1.37. The van der Waals surface area contributed by atoms with E-state index in [2.05, 4.69) is 32.5 Å². The molecule has 1 amide bonds. The van der Waals surface area contributed by atoms with E-state index in [0.29, 0.717) is 16.7 Å². The van der Waals surface area contributed by atoms with Crippen LogP contribution in [0.3, 0.4) is 0 Å². The van der Waals surface area contributed by atoms with Crippen molar-refractivity contribution in [2.75, 3.05) is 23.3 Å². The van der Waals surface area contributed by atoms with Gasteiger partial charge in [-0.15, -0.1) is 10.2 Å². The number of rotatable bonds is 6. The Morgan fingerprint density at radius 2 is 1.90 bits per heavy atom. The second-order valence-electron chi connectivity index (χ2n) is 7.19. The lowest BCUT2D eigenvalue weighted by Crippen LogP contribution is -2.29. The Balaban J connectivity index is 1.36. The smallest absolute Gasteiger partial charge is 0.237 e. The van der Waals surface area contributed by atoms with Crippen LogP contribution in [0.2, 0.25) is 0 Å². The number of nitrogens with one attached hydrogen (secondary N) is 1. The van der Waals surface area contributed by atoms with Gasteiger partial charge in [-0.1, -0.05) is 11.8 Å². The van der Waals surface area contributed by atoms with Gasteiger partial charge in [-0.2, -0.15) is 0 Å². The average molecular weight is 412 g/mol. The van der Waals surface area contributed by atoms with Crippen LogP contribution in [0.25, 0.3) is 11.6 Å². The zero-order valence-corrected chi connectivity index (χ0v) is 17.5. The molecule has 29 heavy (non-hydrogen) atoms. The van der Waals surface area contributed by atoms with E-state index in [4.69, 9.17) is 4.42 Å². The third kappa shape index (κ3) is 4.48. The van der Waals surface area contributed by atoms with Gasteiger partial charge >= 0.3 is 0 Å². The summed E-state index contributed by atoms with van der Waals surface area (Å²) in [5, 5.41) is 11.7. The van der Waals surface area contributed by atoms with E-state index in [1.54, 1.807) is 6.26 Å². The molecule has 1 N–H and O–H groups in total. The van der Waals surface area contributed by atoms with Crippen LogP contribution in [-0.4, -0.2) is 39.0 Å². The summed E-state index contributed by atoms with van der Waals surface area (Å²) in [7, 11) is 1.87. The van der Waals surface area contributed by atoms with Crippen LogP contribution >= 0.6 is 11.8 Å². The van der Waals surface area contributed by atoms with Gasteiger partial charge in [0.25, 0.3) is 0 Å². The molecule has 1 aromatic carbocycles. The third-order valence-corrected chi connectivity index (χ3v) is 6.22. The Morgan fingerprint density at radius 1 is 1.14 bits per heavy atom. The summed E-state index contributed by atoms with van der Waals surface area (Å²) in [6, 6.07) is 11.7. The SMILES string of the molecule is C[C@@H](Sc1nnc(-c2ccco2)n1C)C(=O)Nc1ccc(N2CCCCC2)cc1. The fourth-order valence-corrected chi connectivity index (χ4v) is 4.22. The Hall–Kier alpha value is -2.74. The fourth-order valence-electron chi connectivity index (χ4n) is 3.40. The van der Waals surface area contributed by atoms with Crippen molar-refractivity contribution in [2.45, 2.75) is 36.6 Å². The molecule has 3 heterocycles. The summed E-state index contributed by atoms with van der Waals surface area (Å²) < 4.78 is 7.22. The highest BCUT2D eigenvalue weighted by Gasteiger charge is 2.20. The van der Waals surface area contributed by atoms with Crippen LogP contribution in [0, 0.1) is 0 Å². The van der Waals surface area contributed by atoms with E-state index in [1.807, 2.05) is 42.8 Å². The second-order valence-corrected chi connectivity index (χ2v) is 8.49. The normalized spacial score (nSPS) is 15.3. The molecule has 0 aliphatic carbocycles. The standard InChI is InChI=1S/C21H25N5O2S/c1-15(29-21-24-23-19(25(21)2)18-7-6-14-28-18)20(27)22-16-8-10-17(11-9-16)26-12-4-3-5-13-26/h6-11,14-15H,3-5,12-13H2,1-2H3,(H,22,27)/t15-/m1/s1. The number of aromatic nitrogens is 3. The number of hydrogen-bond acceptors (Lipinski definition) is 6. The number of carbonyl (C=O) groups is 1. The van der Waals surface area contributed by atoms with Crippen molar-refractivity contribution in [1.82, 2.24) is 14.8 Å². The topological polar surface area (TPSA) is 76.2 Å². The lowest BCUT2D eigenvalue weighted by molar-refractivity contribution is -0.115. The van der Waals surface area contributed by atoms with Crippen LogP contribution in [-0.2, 0) is 11.8 Å². The Morgan fingerprint density at radius 3 is 2.59 bits per heavy atom. The molecule has 1 aliphatic heterocycles. The fraction of sp³-hybridized carbons (Fsp3) is 0.381. The van der Waals surface area contributed by atoms with Crippen molar-refractivity contribution in [2.24, 2.45) is 7.05 Å². The summed E-state index contributed by atoms with van der Waals surface area (Å²) in [6.07, 6.45) is 5.41. The second kappa shape index (κ2) is 8.73.